The molecule has 96 valence electrons. The smallest absolute Gasteiger partial charge is 0.197 e. The highest BCUT2D eigenvalue weighted by Crippen LogP contribution is 2.21. The number of carbonyl (C=O) groups is 1. The molecule has 0 spiro atoms. The second-order valence-electron chi connectivity index (χ2n) is 3.89. The van der Waals surface area contributed by atoms with Gasteiger partial charge in [0.25, 0.3) is 0 Å². The molecule has 0 amide bonds. The van der Waals surface area contributed by atoms with Crippen molar-refractivity contribution in [2.75, 3.05) is 0 Å². The zero-order chi connectivity index (χ0) is 13.7. The van der Waals surface area contributed by atoms with Gasteiger partial charge in [-0.15, -0.1) is 0 Å². The van der Waals surface area contributed by atoms with Gasteiger partial charge in [0.15, 0.2) is 17.0 Å². The van der Waals surface area contributed by atoms with E-state index in [0.29, 0.717) is 0 Å². The maximum Gasteiger partial charge on any atom is 0.197 e. The predicted octanol–water partition coefficient (Wildman–Crippen LogP) is 3.12. The molecule has 2 rings (SSSR count). The van der Waals surface area contributed by atoms with E-state index in [1.165, 1.54) is 25.5 Å². The first-order valence-corrected chi connectivity index (χ1v) is 5.78. The van der Waals surface area contributed by atoms with E-state index in [1.807, 2.05) is 0 Å². The lowest BCUT2D eigenvalue weighted by Crippen LogP contribution is -2.04. The number of phenols is 1. The van der Waals surface area contributed by atoms with E-state index in [4.69, 9.17) is 4.42 Å². The Labute approximate surface area is 105 Å². The first-order chi connectivity index (χ1) is 8.51. The summed E-state index contributed by atoms with van der Waals surface area (Å²) in [6.07, 6.45) is 1.25. The molecule has 0 unspecified atom stereocenters. The Balaban J connectivity index is 0.000000492. The zero-order valence-electron chi connectivity index (χ0n) is 10.7. The minimum absolute atomic E-state index is 0.00176. The van der Waals surface area contributed by atoms with Crippen LogP contribution in [0.25, 0.3) is 11.0 Å². The Morgan fingerprint density at radius 1 is 1.33 bits per heavy atom. The molecular formula is C14H16O4. The summed E-state index contributed by atoms with van der Waals surface area (Å²) < 4.78 is 5.18. The van der Waals surface area contributed by atoms with Crippen LogP contribution in [0.5, 0.6) is 5.75 Å². The van der Waals surface area contributed by atoms with Gasteiger partial charge in [-0.05, 0) is 12.1 Å². The monoisotopic (exact) mass is 248 g/mol. The second kappa shape index (κ2) is 6.00. The lowest BCUT2D eigenvalue weighted by atomic mass is 10.2. The van der Waals surface area contributed by atoms with Crippen molar-refractivity contribution < 1.29 is 14.3 Å². The fourth-order valence-electron chi connectivity index (χ4n) is 1.36. The normalized spacial score (nSPS) is 9.72. The first-order valence-electron chi connectivity index (χ1n) is 5.78. The molecule has 0 saturated heterocycles. The summed E-state index contributed by atoms with van der Waals surface area (Å²) in [5, 5.41) is 9.54. The van der Waals surface area contributed by atoms with Gasteiger partial charge in [-0.25, -0.2) is 0 Å². The zero-order valence-corrected chi connectivity index (χ0v) is 10.7. The van der Waals surface area contributed by atoms with E-state index in [-0.39, 0.29) is 28.3 Å². The van der Waals surface area contributed by atoms with Crippen molar-refractivity contribution in [3.05, 3.63) is 40.2 Å². The van der Waals surface area contributed by atoms with Crippen molar-refractivity contribution in [3.63, 3.8) is 0 Å². The van der Waals surface area contributed by atoms with Gasteiger partial charge in [0.1, 0.15) is 16.7 Å². The standard InChI is InChI=1S/C11H8O4.C3H8/c1-6(12)10-5-8(14)11-7(13)3-2-4-9(11)15-10;1-3-2/h2-5,13H,1H3;3H2,1-2H3. The van der Waals surface area contributed by atoms with Crippen LogP contribution in [0.15, 0.2) is 33.5 Å². The van der Waals surface area contributed by atoms with Crippen LogP contribution < -0.4 is 5.43 Å². The molecule has 0 bridgehead atoms. The predicted molar refractivity (Wildman–Crippen MR) is 70.1 cm³/mol. The quantitative estimate of drug-likeness (QED) is 0.787. The number of hydrogen-bond acceptors (Lipinski definition) is 4. The molecule has 4 heteroatoms. The fraction of sp³-hybridized carbons (Fsp3) is 0.286. The largest absolute Gasteiger partial charge is 0.507 e. The summed E-state index contributed by atoms with van der Waals surface area (Å²) in [5.74, 6) is -0.466. The maximum atomic E-state index is 11.6. The van der Waals surface area contributed by atoms with Gasteiger partial charge < -0.3 is 9.52 Å². The Hall–Kier alpha value is -2.10. The van der Waals surface area contributed by atoms with Crippen molar-refractivity contribution in [2.24, 2.45) is 0 Å². The Morgan fingerprint density at radius 2 is 1.94 bits per heavy atom. The van der Waals surface area contributed by atoms with Crippen molar-refractivity contribution >= 4 is 16.8 Å². The SMILES string of the molecule is CC(=O)c1cc(=O)c2c(O)cccc2o1.CCC. The second-order valence-corrected chi connectivity index (χ2v) is 3.89. The Bertz CT molecular complexity index is 611. The van der Waals surface area contributed by atoms with Gasteiger partial charge >= 0.3 is 0 Å². The average Bonchev–Trinajstić information content (AvgIpc) is 2.29. The molecule has 0 fully saturated rings. The van der Waals surface area contributed by atoms with E-state index >= 15 is 0 Å². The highest BCUT2D eigenvalue weighted by Gasteiger charge is 2.10. The third-order valence-corrected chi connectivity index (χ3v) is 2.08. The number of rotatable bonds is 1. The van der Waals surface area contributed by atoms with E-state index < -0.39 is 5.43 Å². The summed E-state index contributed by atoms with van der Waals surface area (Å²) in [7, 11) is 0. The number of Topliss-reactive ketones (excluding diaryl/α,β-unsaturated/α-hetero) is 1. The van der Waals surface area contributed by atoms with Crippen molar-refractivity contribution in [1.82, 2.24) is 0 Å². The summed E-state index contributed by atoms with van der Waals surface area (Å²) in [6.45, 7) is 5.56. The van der Waals surface area contributed by atoms with Gasteiger partial charge in [-0.3, -0.25) is 9.59 Å². The molecule has 0 radical (unpaired) electrons. The van der Waals surface area contributed by atoms with Crippen LogP contribution in [0, 0.1) is 0 Å². The van der Waals surface area contributed by atoms with Crippen LogP contribution in [0.4, 0.5) is 0 Å². The molecule has 1 N–H and O–H groups in total. The van der Waals surface area contributed by atoms with Gasteiger partial charge in [-0.2, -0.15) is 0 Å². The number of benzene rings is 1. The van der Waals surface area contributed by atoms with Crippen molar-refractivity contribution in [3.8, 4) is 5.75 Å². The number of hydrogen-bond donors (Lipinski definition) is 1. The molecule has 0 aliphatic heterocycles. The van der Waals surface area contributed by atoms with Gasteiger partial charge in [0.2, 0.25) is 0 Å². The number of aromatic hydroxyl groups is 1. The van der Waals surface area contributed by atoms with E-state index in [9.17, 15) is 14.7 Å². The summed E-state index contributed by atoms with van der Waals surface area (Å²) in [6, 6.07) is 5.56. The fourth-order valence-corrected chi connectivity index (χ4v) is 1.36. The van der Waals surface area contributed by atoms with E-state index in [1.54, 1.807) is 6.07 Å². The number of carbonyl (C=O) groups excluding carboxylic acids is 1. The molecule has 1 aromatic heterocycles. The van der Waals surface area contributed by atoms with Gasteiger partial charge in [0.05, 0.1) is 0 Å². The van der Waals surface area contributed by atoms with E-state index in [2.05, 4.69) is 13.8 Å². The number of phenolic OH excluding ortho intramolecular Hbond substituents is 1. The highest BCUT2D eigenvalue weighted by atomic mass is 16.3. The lowest BCUT2D eigenvalue weighted by Gasteiger charge is -2.00. The minimum Gasteiger partial charge on any atom is -0.507 e. The van der Waals surface area contributed by atoms with Gasteiger partial charge in [-0.1, -0.05) is 26.3 Å². The third-order valence-electron chi connectivity index (χ3n) is 2.08. The Kier molecular flexibility index (Phi) is 4.66. The average molecular weight is 248 g/mol. The molecule has 0 aliphatic carbocycles. The molecule has 0 aliphatic rings. The molecule has 4 nitrogen and oxygen atoms in total. The van der Waals surface area contributed by atoms with Crippen molar-refractivity contribution in [2.45, 2.75) is 27.2 Å². The highest BCUT2D eigenvalue weighted by molar-refractivity contribution is 5.93. The minimum atomic E-state index is -0.417. The van der Waals surface area contributed by atoms with Gasteiger partial charge in [0, 0.05) is 13.0 Å². The summed E-state index contributed by atoms with van der Waals surface area (Å²) >= 11 is 0. The first kappa shape index (κ1) is 14.0. The molecule has 18 heavy (non-hydrogen) atoms. The van der Waals surface area contributed by atoms with Crippen LogP contribution >= 0.6 is 0 Å². The molecule has 0 saturated carbocycles. The maximum absolute atomic E-state index is 11.6. The summed E-state index contributed by atoms with van der Waals surface area (Å²) in [5.41, 5.74) is -0.202. The topological polar surface area (TPSA) is 67.5 Å². The lowest BCUT2D eigenvalue weighted by molar-refractivity contribution is 0.0987. The van der Waals surface area contributed by atoms with Crippen molar-refractivity contribution in [1.29, 1.82) is 0 Å². The summed E-state index contributed by atoms with van der Waals surface area (Å²) in [4.78, 5) is 22.6. The third kappa shape index (κ3) is 2.97. The molecule has 0 atom stereocenters. The van der Waals surface area contributed by atoms with Crippen LogP contribution in [0.3, 0.4) is 0 Å². The number of ketones is 1. The Morgan fingerprint density at radius 3 is 2.50 bits per heavy atom. The van der Waals surface area contributed by atoms with Crippen LogP contribution in [-0.4, -0.2) is 10.9 Å². The number of fused-ring (bicyclic) bond motifs is 1. The molecular weight excluding hydrogens is 232 g/mol. The van der Waals surface area contributed by atoms with Crippen LogP contribution in [0.1, 0.15) is 37.7 Å². The molecule has 1 heterocycles. The van der Waals surface area contributed by atoms with Crippen LogP contribution in [0.2, 0.25) is 0 Å². The molecule has 1 aromatic carbocycles. The molecule has 2 aromatic rings. The van der Waals surface area contributed by atoms with E-state index in [0.717, 1.165) is 6.07 Å². The van der Waals surface area contributed by atoms with Crippen LogP contribution in [-0.2, 0) is 0 Å².